The minimum absolute atomic E-state index is 0.346. The molecule has 0 unspecified atom stereocenters. The summed E-state index contributed by atoms with van der Waals surface area (Å²) in [6, 6.07) is 14.1. The van der Waals surface area contributed by atoms with Crippen LogP contribution in [0.15, 0.2) is 42.5 Å². The summed E-state index contributed by atoms with van der Waals surface area (Å²) in [6.45, 7) is 4.34. The van der Waals surface area contributed by atoms with Gasteiger partial charge in [-0.05, 0) is 49.7 Å². The molecule has 0 aliphatic heterocycles. The molecule has 0 fully saturated rings. The highest BCUT2D eigenvalue weighted by Gasteiger charge is 2.14. The van der Waals surface area contributed by atoms with Gasteiger partial charge in [0.1, 0.15) is 5.82 Å². The van der Waals surface area contributed by atoms with Gasteiger partial charge in [0, 0.05) is 22.5 Å². The van der Waals surface area contributed by atoms with Gasteiger partial charge in [-0.1, -0.05) is 35.3 Å². The van der Waals surface area contributed by atoms with Crippen LogP contribution in [0.2, 0.25) is 10.0 Å². The second-order valence-electron chi connectivity index (χ2n) is 5.43. The van der Waals surface area contributed by atoms with Gasteiger partial charge in [-0.15, -0.1) is 0 Å². The fourth-order valence-electron chi connectivity index (χ4n) is 2.61. The molecule has 0 aliphatic carbocycles. The summed E-state index contributed by atoms with van der Waals surface area (Å²) in [6.07, 6.45) is 0.779. The lowest BCUT2D eigenvalue weighted by Gasteiger charge is -2.13. The molecule has 2 nitrogen and oxygen atoms in total. The van der Waals surface area contributed by atoms with E-state index in [0.717, 1.165) is 28.3 Å². The Balaban J connectivity index is 2.08. The van der Waals surface area contributed by atoms with Crippen molar-refractivity contribution in [1.82, 2.24) is 9.55 Å². The fraction of sp³-hybridized carbons (Fsp3) is 0.235. The summed E-state index contributed by atoms with van der Waals surface area (Å²) in [7, 11) is 0. The monoisotopic (exact) mass is 318 g/mol. The molecule has 108 valence electrons. The van der Waals surface area contributed by atoms with E-state index in [1.165, 1.54) is 5.56 Å². The normalized spacial score (nSPS) is 11.5. The highest BCUT2D eigenvalue weighted by molar-refractivity contribution is 6.31. The Hall–Kier alpha value is -1.51. The molecule has 0 aliphatic rings. The molecule has 3 rings (SSSR count). The Morgan fingerprint density at radius 1 is 1.00 bits per heavy atom. The van der Waals surface area contributed by atoms with Crippen molar-refractivity contribution in [2.24, 2.45) is 0 Å². The molecule has 21 heavy (non-hydrogen) atoms. The third-order valence-electron chi connectivity index (χ3n) is 3.52. The van der Waals surface area contributed by atoms with Crippen molar-refractivity contribution in [2.75, 3.05) is 0 Å². The van der Waals surface area contributed by atoms with Crippen LogP contribution in [-0.2, 0) is 6.42 Å². The first-order valence-corrected chi connectivity index (χ1v) is 7.71. The van der Waals surface area contributed by atoms with Gasteiger partial charge < -0.3 is 4.57 Å². The molecule has 0 amide bonds. The zero-order valence-electron chi connectivity index (χ0n) is 12.0. The van der Waals surface area contributed by atoms with E-state index in [0.29, 0.717) is 11.1 Å². The lowest BCUT2D eigenvalue weighted by molar-refractivity contribution is 0.591. The van der Waals surface area contributed by atoms with E-state index in [1.807, 2.05) is 42.5 Å². The second-order valence-corrected chi connectivity index (χ2v) is 6.30. The molecule has 0 bridgehead atoms. The van der Waals surface area contributed by atoms with Crippen LogP contribution in [0.3, 0.4) is 0 Å². The molecule has 1 aromatic heterocycles. The average molecular weight is 319 g/mol. The number of nitrogens with zero attached hydrogens (tertiary/aromatic N) is 2. The Morgan fingerprint density at radius 2 is 1.67 bits per heavy atom. The number of benzene rings is 2. The predicted molar refractivity (Wildman–Crippen MR) is 89.4 cm³/mol. The lowest BCUT2D eigenvalue weighted by Crippen LogP contribution is -2.06. The van der Waals surface area contributed by atoms with Gasteiger partial charge in [-0.3, -0.25) is 0 Å². The van der Waals surface area contributed by atoms with E-state index >= 15 is 0 Å². The number of hydrogen-bond acceptors (Lipinski definition) is 1. The van der Waals surface area contributed by atoms with Crippen molar-refractivity contribution >= 4 is 34.2 Å². The summed E-state index contributed by atoms with van der Waals surface area (Å²) in [5.41, 5.74) is 3.27. The lowest BCUT2D eigenvalue weighted by atomic mass is 10.1. The maximum Gasteiger partial charge on any atom is 0.114 e. The Morgan fingerprint density at radius 3 is 2.33 bits per heavy atom. The number of halogens is 2. The number of fused-ring (bicyclic) bond motifs is 1. The van der Waals surface area contributed by atoms with Crippen LogP contribution >= 0.6 is 23.2 Å². The molecular weight excluding hydrogens is 303 g/mol. The van der Waals surface area contributed by atoms with Crippen molar-refractivity contribution < 1.29 is 0 Å². The van der Waals surface area contributed by atoms with E-state index in [-0.39, 0.29) is 0 Å². The quantitative estimate of drug-likeness (QED) is 0.622. The van der Waals surface area contributed by atoms with Gasteiger partial charge in [-0.25, -0.2) is 4.98 Å². The zero-order chi connectivity index (χ0) is 15.0. The van der Waals surface area contributed by atoms with E-state index in [2.05, 4.69) is 18.4 Å². The van der Waals surface area contributed by atoms with Gasteiger partial charge in [0.15, 0.2) is 0 Å². The molecule has 0 spiro atoms. The minimum atomic E-state index is 0.346. The maximum absolute atomic E-state index is 6.07. The zero-order valence-corrected chi connectivity index (χ0v) is 13.5. The van der Waals surface area contributed by atoms with Gasteiger partial charge in [0.05, 0.1) is 11.0 Å². The van der Waals surface area contributed by atoms with Crippen molar-refractivity contribution in [2.45, 2.75) is 26.3 Å². The third kappa shape index (κ3) is 2.92. The van der Waals surface area contributed by atoms with Crippen LogP contribution in [0.1, 0.15) is 31.3 Å². The van der Waals surface area contributed by atoms with Gasteiger partial charge in [0.25, 0.3) is 0 Å². The largest absolute Gasteiger partial charge is 0.325 e. The molecule has 1 heterocycles. The standard InChI is InChI=1S/C17H16Cl2N2/c1-11(2)21-16-8-7-14(19)10-15(16)20-17(21)9-12-3-5-13(18)6-4-12/h3-8,10-11H,9H2,1-2H3. The molecule has 0 saturated heterocycles. The van der Waals surface area contributed by atoms with E-state index in [9.17, 15) is 0 Å². The van der Waals surface area contributed by atoms with Gasteiger partial charge in [0.2, 0.25) is 0 Å². The number of imidazole rings is 1. The SMILES string of the molecule is CC(C)n1c(Cc2ccc(Cl)cc2)nc2cc(Cl)ccc21. The molecule has 2 aromatic carbocycles. The molecule has 3 aromatic rings. The van der Waals surface area contributed by atoms with E-state index in [1.54, 1.807) is 0 Å². The van der Waals surface area contributed by atoms with E-state index in [4.69, 9.17) is 28.2 Å². The van der Waals surface area contributed by atoms with E-state index < -0.39 is 0 Å². The minimum Gasteiger partial charge on any atom is -0.325 e. The number of aromatic nitrogens is 2. The summed E-state index contributed by atoms with van der Waals surface area (Å²) < 4.78 is 2.26. The predicted octanol–water partition coefficient (Wildman–Crippen LogP) is 5.51. The highest BCUT2D eigenvalue weighted by Crippen LogP contribution is 2.25. The molecular formula is C17H16Cl2N2. The molecule has 0 saturated carbocycles. The van der Waals surface area contributed by atoms with Crippen LogP contribution in [-0.4, -0.2) is 9.55 Å². The first kappa shape index (κ1) is 14.4. The van der Waals surface area contributed by atoms with Gasteiger partial charge >= 0.3 is 0 Å². The molecule has 4 heteroatoms. The second kappa shape index (κ2) is 5.70. The van der Waals surface area contributed by atoms with Crippen LogP contribution < -0.4 is 0 Å². The smallest absolute Gasteiger partial charge is 0.114 e. The van der Waals surface area contributed by atoms with Gasteiger partial charge in [-0.2, -0.15) is 0 Å². The third-order valence-corrected chi connectivity index (χ3v) is 4.00. The first-order chi connectivity index (χ1) is 10.0. The molecule has 0 N–H and O–H groups in total. The molecule has 0 radical (unpaired) electrons. The summed E-state index contributed by atoms with van der Waals surface area (Å²) in [4.78, 5) is 4.76. The van der Waals surface area contributed by atoms with Crippen molar-refractivity contribution in [3.8, 4) is 0 Å². The number of hydrogen-bond donors (Lipinski definition) is 0. The molecule has 0 atom stereocenters. The first-order valence-electron chi connectivity index (χ1n) is 6.95. The topological polar surface area (TPSA) is 17.8 Å². The van der Waals surface area contributed by atoms with Crippen LogP contribution in [0.5, 0.6) is 0 Å². The van der Waals surface area contributed by atoms with Crippen LogP contribution in [0.4, 0.5) is 0 Å². The fourth-order valence-corrected chi connectivity index (χ4v) is 2.90. The van der Waals surface area contributed by atoms with Crippen molar-refractivity contribution in [3.05, 3.63) is 63.9 Å². The Kier molecular flexibility index (Phi) is 3.92. The van der Waals surface area contributed by atoms with Crippen LogP contribution in [0, 0.1) is 0 Å². The highest BCUT2D eigenvalue weighted by atomic mass is 35.5. The Bertz CT molecular complexity index is 773. The van der Waals surface area contributed by atoms with Crippen molar-refractivity contribution in [1.29, 1.82) is 0 Å². The summed E-state index contributed by atoms with van der Waals surface area (Å²) in [5, 5.41) is 1.47. The van der Waals surface area contributed by atoms with Crippen molar-refractivity contribution in [3.63, 3.8) is 0 Å². The Labute approximate surface area is 134 Å². The number of rotatable bonds is 3. The maximum atomic E-state index is 6.07. The average Bonchev–Trinajstić information content (AvgIpc) is 2.78. The summed E-state index contributed by atoms with van der Waals surface area (Å²) in [5.74, 6) is 1.05. The summed E-state index contributed by atoms with van der Waals surface area (Å²) >= 11 is 12.0. The van der Waals surface area contributed by atoms with Crippen LogP contribution in [0.25, 0.3) is 11.0 Å².